The highest BCUT2D eigenvalue weighted by Crippen LogP contribution is 2.23. The molecule has 0 radical (unpaired) electrons. The lowest BCUT2D eigenvalue weighted by atomic mass is 10.1. The monoisotopic (exact) mass is 226 g/mol. The van der Waals surface area contributed by atoms with Crippen molar-refractivity contribution in [2.45, 2.75) is 71.4 Å². The number of rotatable bonds is 8. The summed E-state index contributed by atoms with van der Waals surface area (Å²) in [6.45, 7) is 10.7. The molecule has 0 aromatic rings. The van der Waals surface area contributed by atoms with Crippen LogP contribution in [0.25, 0.3) is 0 Å². The SMILES string of the molecule is CCCNCCCC(C)N1CCCC1CC. The lowest BCUT2D eigenvalue weighted by Crippen LogP contribution is -2.37. The molecule has 2 heteroatoms. The van der Waals surface area contributed by atoms with Crippen LogP contribution >= 0.6 is 0 Å². The normalized spacial score (nSPS) is 23.8. The van der Waals surface area contributed by atoms with Crippen LogP contribution in [-0.4, -0.2) is 36.6 Å². The molecule has 1 rings (SSSR count). The summed E-state index contributed by atoms with van der Waals surface area (Å²) in [4.78, 5) is 2.74. The van der Waals surface area contributed by atoms with Gasteiger partial charge in [0.25, 0.3) is 0 Å². The molecule has 0 bridgehead atoms. The van der Waals surface area contributed by atoms with Gasteiger partial charge in [0.15, 0.2) is 0 Å². The minimum Gasteiger partial charge on any atom is -0.317 e. The van der Waals surface area contributed by atoms with E-state index < -0.39 is 0 Å². The maximum Gasteiger partial charge on any atom is 0.00959 e. The molecule has 0 aliphatic carbocycles. The second kappa shape index (κ2) is 8.08. The molecule has 0 spiro atoms. The van der Waals surface area contributed by atoms with Crippen molar-refractivity contribution in [3.63, 3.8) is 0 Å². The number of hydrogen-bond acceptors (Lipinski definition) is 2. The second-order valence-corrected chi connectivity index (χ2v) is 5.18. The first-order valence-corrected chi connectivity index (χ1v) is 7.26. The molecule has 1 fully saturated rings. The number of likely N-dealkylation sites (tertiary alicyclic amines) is 1. The van der Waals surface area contributed by atoms with Crippen LogP contribution in [0.4, 0.5) is 0 Å². The highest BCUT2D eigenvalue weighted by Gasteiger charge is 2.26. The van der Waals surface area contributed by atoms with E-state index >= 15 is 0 Å². The van der Waals surface area contributed by atoms with Gasteiger partial charge in [-0.3, -0.25) is 4.90 Å². The molecule has 0 saturated carbocycles. The summed E-state index contributed by atoms with van der Waals surface area (Å²) in [5.41, 5.74) is 0. The lowest BCUT2D eigenvalue weighted by molar-refractivity contribution is 0.177. The fraction of sp³-hybridized carbons (Fsp3) is 1.00. The fourth-order valence-corrected chi connectivity index (χ4v) is 2.87. The first kappa shape index (κ1) is 14.0. The molecule has 1 heterocycles. The van der Waals surface area contributed by atoms with E-state index in [-0.39, 0.29) is 0 Å². The minimum atomic E-state index is 0.788. The van der Waals surface area contributed by atoms with E-state index in [1.165, 1.54) is 58.2 Å². The summed E-state index contributed by atoms with van der Waals surface area (Å²) in [6, 6.07) is 1.66. The van der Waals surface area contributed by atoms with Gasteiger partial charge in [0.05, 0.1) is 0 Å². The van der Waals surface area contributed by atoms with Crippen LogP contribution < -0.4 is 5.32 Å². The maximum atomic E-state index is 3.49. The molecular weight excluding hydrogens is 196 g/mol. The standard InChI is InChI=1S/C14H30N2/c1-4-10-15-11-6-8-13(3)16-12-7-9-14(16)5-2/h13-15H,4-12H2,1-3H3. The van der Waals surface area contributed by atoms with Crippen LogP contribution in [-0.2, 0) is 0 Å². The van der Waals surface area contributed by atoms with Gasteiger partial charge in [-0.1, -0.05) is 13.8 Å². The number of nitrogens with one attached hydrogen (secondary N) is 1. The van der Waals surface area contributed by atoms with Crippen molar-refractivity contribution >= 4 is 0 Å². The Morgan fingerprint density at radius 3 is 2.81 bits per heavy atom. The molecule has 16 heavy (non-hydrogen) atoms. The summed E-state index contributed by atoms with van der Waals surface area (Å²) in [6.07, 6.45) is 8.10. The van der Waals surface area contributed by atoms with E-state index in [0.29, 0.717) is 0 Å². The average Bonchev–Trinajstić information content (AvgIpc) is 2.76. The highest BCUT2D eigenvalue weighted by atomic mass is 15.2. The van der Waals surface area contributed by atoms with E-state index in [9.17, 15) is 0 Å². The highest BCUT2D eigenvalue weighted by molar-refractivity contribution is 4.82. The Labute approximate surface area is 102 Å². The Morgan fingerprint density at radius 1 is 1.31 bits per heavy atom. The molecule has 1 aliphatic heterocycles. The van der Waals surface area contributed by atoms with Gasteiger partial charge < -0.3 is 5.32 Å². The van der Waals surface area contributed by atoms with Gasteiger partial charge >= 0.3 is 0 Å². The zero-order chi connectivity index (χ0) is 11.8. The third-order valence-electron chi connectivity index (χ3n) is 3.86. The van der Waals surface area contributed by atoms with Gasteiger partial charge in [-0.25, -0.2) is 0 Å². The first-order chi connectivity index (χ1) is 7.79. The predicted molar refractivity (Wildman–Crippen MR) is 71.9 cm³/mol. The smallest absolute Gasteiger partial charge is 0.00959 e. The Kier molecular flexibility index (Phi) is 7.06. The van der Waals surface area contributed by atoms with Gasteiger partial charge in [0.1, 0.15) is 0 Å². The fourth-order valence-electron chi connectivity index (χ4n) is 2.87. The van der Waals surface area contributed by atoms with Gasteiger partial charge in [0, 0.05) is 12.1 Å². The van der Waals surface area contributed by atoms with Crippen molar-refractivity contribution in [3.8, 4) is 0 Å². The van der Waals surface area contributed by atoms with Crippen LogP contribution in [0.1, 0.15) is 59.3 Å². The predicted octanol–water partition coefficient (Wildman–Crippen LogP) is 3.03. The molecule has 0 aromatic carbocycles. The summed E-state index contributed by atoms with van der Waals surface area (Å²) >= 11 is 0. The second-order valence-electron chi connectivity index (χ2n) is 5.18. The number of hydrogen-bond donors (Lipinski definition) is 1. The van der Waals surface area contributed by atoms with Crippen LogP contribution in [0.3, 0.4) is 0 Å². The van der Waals surface area contributed by atoms with Crippen molar-refractivity contribution < 1.29 is 0 Å². The summed E-state index contributed by atoms with van der Waals surface area (Å²) < 4.78 is 0. The third-order valence-corrected chi connectivity index (χ3v) is 3.86. The Hall–Kier alpha value is -0.0800. The van der Waals surface area contributed by atoms with Crippen molar-refractivity contribution in [3.05, 3.63) is 0 Å². The molecule has 1 N–H and O–H groups in total. The van der Waals surface area contributed by atoms with Gasteiger partial charge in [-0.15, -0.1) is 0 Å². The number of nitrogens with zero attached hydrogens (tertiary/aromatic N) is 1. The molecule has 1 saturated heterocycles. The van der Waals surface area contributed by atoms with Crippen molar-refractivity contribution in [1.29, 1.82) is 0 Å². The zero-order valence-corrected chi connectivity index (χ0v) is 11.5. The zero-order valence-electron chi connectivity index (χ0n) is 11.5. The van der Waals surface area contributed by atoms with Crippen molar-refractivity contribution in [2.75, 3.05) is 19.6 Å². The first-order valence-electron chi connectivity index (χ1n) is 7.26. The molecule has 0 aromatic heterocycles. The van der Waals surface area contributed by atoms with Crippen LogP contribution in [0.5, 0.6) is 0 Å². The summed E-state index contributed by atoms with van der Waals surface area (Å²) in [5, 5.41) is 3.49. The molecule has 96 valence electrons. The molecule has 2 atom stereocenters. The van der Waals surface area contributed by atoms with E-state index in [1.807, 2.05) is 0 Å². The molecule has 0 amide bonds. The van der Waals surface area contributed by atoms with Gasteiger partial charge in [-0.2, -0.15) is 0 Å². The van der Waals surface area contributed by atoms with E-state index in [2.05, 4.69) is 31.0 Å². The van der Waals surface area contributed by atoms with E-state index in [4.69, 9.17) is 0 Å². The molecular formula is C14H30N2. The lowest BCUT2D eigenvalue weighted by Gasteiger charge is -2.30. The average molecular weight is 226 g/mol. The Bertz CT molecular complexity index is 170. The van der Waals surface area contributed by atoms with Crippen molar-refractivity contribution in [1.82, 2.24) is 10.2 Å². The van der Waals surface area contributed by atoms with Crippen LogP contribution in [0.15, 0.2) is 0 Å². The van der Waals surface area contributed by atoms with E-state index in [0.717, 1.165) is 12.1 Å². The van der Waals surface area contributed by atoms with E-state index in [1.54, 1.807) is 0 Å². The van der Waals surface area contributed by atoms with Crippen LogP contribution in [0.2, 0.25) is 0 Å². The van der Waals surface area contributed by atoms with Gasteiger partial charge in [-0.05, 0) is 65.1 Å². The summed E-state index contributed by atoms with van der Waals surface area (Å²) in [7, 11) is 0. The molecule has 2 unspecified atom stereocenters. The third kappa shape index (κ3) is 4.42. The topological polar surface area (TPSA) is 15.3 Å². The van der Waals surface area contributed by atoms with Gasteiger partial charge in [0.2, 0.25) is 0 Å². The maximum absolute atomic E-state index is 3.49. The quantitative estimate of drug-likeness (QED) is 0.640. The largest absolute Gasteiger partial charge is 0.317 e. The minimum absolute atomic E-state index is 0.788. The Morgan fingerprint density at radius 2 is 2.12 bits per heavy atom. The summed E-state index contributed by atoms with van der Waals surface area (Å²) in [5.74, 6) is 0. The molecule has 1 aliphatic rings. The Balaban J connectivity index is 2.11. The van der Waals surface area contributed by atoms with Crippen LogP contribution in [0, 0.1) is 0 Å². The molecule has 2 nitrogen and oxygen atoms in total. The van der Waals surface area contributed by atoms with Crippen molar-refractivity contribution in [2.24, 2.45) is 0 Å².